The van der Waals surface area contributed by atoms with Crippen LogP contribution in [0.4, 0.5) is 11.4 Å². The van der Waals surface area contributed by atoms with Crippen molar-refractivity contribution in [2.45, 2.75) is 52.4 Å². The normalized spacial score (nSPS) is 10.1. The number of amides is 4. The van der Waals surface area contributed by atoms with E-state index in [2.05, 4.69) is 21.3 Å². The Morgan fingerprint density at radius 2 is 1.00 bits per heavy atom. The number of unbranched alkanes of at least 4 members (excludes halogenated alkanes) is 2. The van der Waals surface area contributed by atoms with Crippen molar-refractivity contribution in [1.29, 1.82) is 0 Å². The van der Waals surface area contributed by atoms with Crippen LogP contribution < -0.4 is 21.3 Å². The number of carbonyl (C=O) groups is 4. The van der Waals surface area contributed by atoms with Crippen molar-refractivity contribution >= 4 is 35.0 Å². The summed E-state index contributed by atoms with van der Waals surface area (Å²) in [6.45, 7) is 5.17. The van der Waals surface area contributed by atoms with E-state index in [4.69, 9.17) is 0 Å². The zero-order valence-corrected chi connectivity index (χ0v) is 16.6. The van der Waals surface area contributed by atoms with Crippen LogP contribution in [0.5, 0.6) is 0 Å². The smallest absolute Gasteiger partial charge is 0.233 e. The maximum Gasteiger partial charge on any atom is 0.233 e. The zero-order valence-electron chi connectivity index (χ0n) is 16.6. The van der Waals surface area contributed by atoms with E-state index in [9.17, 15) is 19.2 Å². The monoisotopic (exact) mass is 390 g/mol. The molecule has 0 radical (unpaired) electrons. The highest BCUT2D eigenvalue weighted by Crippen LogP contribution is 2.14. The Balaban J connectivity index is 2.38. The predicted octanol–water partition coefficient (Wildman–Crippen LogP) is 2.18. The van der Waals surface area contributed by atoms with Crippen molar-refractivity contribution in [3.8, 4) is 0 Å². The lowest BCUT2D eigenvalue weighted by molar-refractivity contribution is -0.128. The van der Waals surface area contributed by atoms with Gasteiger partial charge in [0, 0.05) is 24.5 Å². The lowest BCUT2D eigenvalue weighted by Gasteiger charge is -2.09. The van der Waals surface area contributed by atoms with Gasteiger partial charge in [0.1, 0.15) is 12.8 Å². The number of nitrogens with one attached hydrogen (secondary N) is 4. The van der Waals surface area contributed by atoms with Crippen LogP contribution >= 0.6 is 0 Å². The molecule has 0 aliphatic carbocycles. The maximum absolute atomic E-state index is 11.9. The van der Waals surface area contributed by atoms with E-state index in [-0.39, 0.29) is 24.7 Å². The minimum absolute atomic E-state index is 0.241. The molecule has 0 aliphatic rings. The first-order valence-electron chi connectivity index (χ1n) is 9.67. The molecule has 154 valence electrons. The molecule has 0 heterocycles. The Morgan fingerprint density at radius 3 is 1.32 bits per heavy atom. The average molecular weight is 390 g/mol. The van der Waals surface area contributed by atoms with Crippen LogP contribution in [0.1, 0.15) is 52.4 Å². The average Bonchev–Trinajstić information content (AvgIpc) is 2.63. The Hall–Kier alpha value is -2.90. The van der Waals surface area contributed by atoms with Crippen molar-refractivity contribution in [1.82, 2.24) is 10.6 Å². The van der Waals surface area contributed by atoms with Crippen LogP contribution in [-0.4, -0.2) is 36.7 Å². The largest absolute Gasteiger partial charge is 0.356 e. The molecular formula is C20H30N4O4. The highest BCUT2D eigenvalue weighted by atomic mass is 16.2. The number of hydrogen-bond acceptors (Lipinski definition) is 4. The molecule has 4 amide bonds. The van der Waals surface area contributed by atoms with E-state index in [1.165, 1.54) is 0 Å². The SMILES string of the molecule is CCCCNC(=O)CC(=O)Nc1ccc(NC(=O)CC(=O)NCCCC)cc1. The van der Waals surface area contributed by atoms with Crippen LogP contribution in [0.2, 0.25) is 0 Å². The third-order valence-electron chi connectivity index (χ3n) is 3.80. The fraction of sp³-hybridized carbons (Fsp3) is 0.500. The molecule has 0 unspecified atom stereocenters. The molecule has 0 fully saturated rings. The molecule has 0 saturated heterocycles. The Kier molecular flexibility index (Phi) is 11.0. The third-order valence-corrected chi connectivity index (χ3v) is 3.80. The molecule has 0 aromatic heterocycles. The molecule has 0 atom stereocenters. The predicted molar refractivity (Wildman–Crippen MR) is 109 cm³/mol. The van der Waals surface area contributed by atoms with Gasteiger partial charge in [0.15, 0.2) is 0 Å². The Bertz CT molecular complexity index is 602. The summed E-state index contributed by atoms with van der Waals surface area (Å²) in [4.78, 5) is 46.9. The summed E-state index contributed by atoms with van der Waals surface area (Å²) in [6.07, 6.45) is 3.21. The number of hydrogen-bond donors (Lipinski definition) is 4. The van der Waals surface area contributed by atoms with E-state index >= 15 is 0 Å². The highest BCUT2D eigenvalue weighted by Gasteiger charge is 2.11. The van der Waals surface area contributed by atoms with Crippen molar-refractivity contribution in [3.05, 3.63) is 24.3 Å². The molecular weight excluding hydrogens is 360 g/mol. The summed E-state index contributed by atoms with van der Waals surface area (Å²) in [5.74, 6) is -1.44. The number of anilines is 2. The first-order valence-corrected chi connectivity index (χ1v) is 9.67. The molecule has 8 heteroatoms. The van der Waals surface area contributed by atoms with Crippen LogP contribution in [0.3, 0.4) is 0 Å². The molecule has 4 N–H and O–H groups in total. The van der Waals surface area contributed by atoms with E-state index < -0.39 is 11.8 Å². The second kappa shape index (κ2) is 13.3. The van der Waals surface area contributed by atoms with Crippen molar-refractivity contribution in [2.24, 2.45) is 0 Å². The molecule has 1 rings (SSSR count). The summed E-state index contributed by atoms with van der Waals surface area (Å²) in [7, 11) is 0. The molecule has 0 aliphatic heterocycles. The summed E-state index contributed by atoms with van der Waals surface area (Å²) in [5.41, 5.74) is 1.03. The molecule has 28 heavy (non-hydrogen) atoms. The van der Waals surface area contributed by atoms with Crippen LogP contribution in [0.25, 0.3) is 0 Å². The van der Waals surface area contributed by atoms with Gasteiger partial charge in [-0.15, -0.1) is 0 Å². The lowest BCUT2D eigenvalue weighted by atomic mass is 10.2. The van der Waals surface area contributed by atoms with E-state index in [1.54, 1.807) is 24.3 Å². The number of benzene rings is 1. The van der Waals surface area contributed by atoms with Gasteiger partial charge < -0.3 is 21.3 Å². The third kappa shape index (κ3) is 10.3. The molecule has 8 nitrogen and oxygen atoms in total. The van der Waals surface area contributed by atoms with Crippen LogP contribution in [0, 0.1) is 0 Å². The van der Waals surface area contributed by atoms with Gasteiger partial charge in [0.2, 0.25) is 23.6 Å². The highest BCUT2D eigenvalue weighted by molar-refractivity contribution is 6.04. The minimum Gasteiger partial charge on any atom is -0.356 e. The van der Waals surface area contributed by atoms with Gasteiger partial charge in [-0.2, -0.15) is 0 Å². The van der Waals surface area contributed by atoms with E-state index in [1.807, 2.05) is 13.8 Å². The van der Waals surface area contributed by atoms with Crippen molar-refractivity contribution in [2.75, 3.05) is 23.7 Å². The van der Waals surface area contributed by atoms with Gasteiger partial charge in [-0.25, -0.2) is 0 Å². The maximum atomic E-state index is 11.9. The molecule has 1 aromatic carbocycles. The Morgan fingerprint density at radius 1 is 0.643 bits per heavy atom. The van der Waals surface area contributed by atoms with Crippen LogP contribution in [-0.2, 0) is 19.2 Å². The van der Waals surface area contributed by atoms with Crippen molar-refractivity contribution < 1.29 is 19.2 Å². The molecule has 0 spiro atoms. The van der Waals surface area contributed by atoms with Crippen LogP contribution in [0.15, 0.2) is 24.3 Å². The Labute approximate surface area is 165 Å². The first-order chi connectivity index (χ1) is 13.4. The summed E-state index contributed by atoms with van der Waals surface area (Å²) < 4.78 is 0. The minimum atomic E-state index is -0.408. The van der Waals surface area contributed by atoms with Gasteiger partial charge in [-0.1, -0.05) is 26.7 Å². The van der Waals surface area contributed by atoms with Gasteiger partial charge in [0.05, 0.1) is 0 Å². The van der Waals surface area contributed by atoms with Gasteiger partial charge >= 0.3 is 0 Å². The second-order valence-electron chi connectivity index (χ2n) is 6.43. The van der Waals surface area contributed by atoms with Gasteiger partial charge in [-0.3, -0.25) is 19.2 Å². The van der Waals surface area contributed by atoms with E-state index in [0.29, 0.717) is 24.5 Å². The number of rotatable bonds is 12. The van der Waals surface area contributed by atoms with Crippen molar-refractivity contribution in [3.63, 3.8) is 0 Å². The molecule has 0 saturated carbocycles. The summed E-state index contributed by atoms with van der Waals surface area (Å²) in [5, 5.41) is 10.6. The summed E-state index contributed by atoms with van der Waals surface area (Å²) in [6, 6.07) is 6.46. The topological polar surface area (TPSA) is 116 Å². The lowest BCUT2D eigenvalue weighted by Crippen LogP contribution is -2.29. The fourth-order valence-electron chi connectivity index (χ4n) is 2.27. The summed E-state index contributed by atoms with van der Waals surface area (Å²) >= 11 is 0. The molecule has 1 aromatic rings. The van der Waals surface area contributed by atoms with Gasteiger partial charge in [-0.05, 0) is 37.1 Å². The molecule has 0 bridgehead atoms. The number of carbonyl (C=O) groups excluding carboxylic acids is 4. The fourth-order valence-corrected chi connectivity index (χ4v) is 2.27. The van der Waals surface area contributed by atoms with Gasteiger partial charge in [0.25, 0.3) is 0 Å². The van der Waals surface area contributed by atoms with E-state index in [0.717, 1.165) is 25.7 Å². The standard InChI is InChI=1S/C20H30N4O4/c1-3-5-11-21-17(25)13-19(27)23-15-7-9-16(10-8-15)24-20(28)14-18(26)22-12-6-4-2/h7-10H,3-6,11-14H2,1-2H3,(H,21,25)(H,22,26)(H,23,27)(H,24,28). The first kappa shape index (κ1) is 23.1. The second-order valence-corrected chi connectivity index (χ2v) is 6.43. The quantitative estimate of drug-likeness (QED) is 0.323. The zero-order chi connectivity index (χ0) is 20.8.